The molecule has 0 aromatic carbocycles. The summed E-state index contributed by atoms with van der Waals surface area (Å²) in [5.74, 6) is 0.210. The van der Waals surface area contributed by atoms with Crippen LogP contribution in [0.2, 0.25) is 0 Å². The molecule has 0 spiro atoms. The van der Waals surface area contributed by atoms with Crippen LogP contribution in [0, 0.1) is 0 Å². The largest absolute Gasteiger partial charge is 0.480 e. The van der Waals surface area contributed by atoms with Crippen molar-refractivity contribution in [2.75, 3.05) is 12.3 Å². The first-order valence-corrected chi connectivity index (χ1v) is 7.23. The number of hydrogen-bond donors (Lipinski definition) is 2. The van der Waals surface area contributed by atoms with Gasteiger partial charge in [-0.05, 0) is 38.5 Å². The van der Waals surface area contributed by atoms with E-state index < -0.39 is 11.5 Å². The number of thioether (sulfide) groups is 1. The van der Waals surface area contributed by atoms with Crippen LogP contribution in [0.15, 0.2) is 0 Å². The van der Waals surface area contributed by atoms with Gasteiger partial charge in [0.15, 0.2) is 0 Å². The topological polar surface area (TPSA) is 49.3 Å². The molecule has 1 rings (SSSR count). The van der Waals surface area contributed by atoms with Crippen LogP contribution in [-0.4, -0.2) is 34.2 Å². The molecule has 0 aromatic heterocycles. The van der Waals surface area contributed by atoms with E-state index in [4.69, 9.17) is 0 Å². The van der Waals surface area contributed by atoms with Crippen molar-refractivity contribution >= 4 is 17.7 Å². The maximum atomic E-state index is 11.2. The predicted octanol–water partition coefficient (Wildman–Crippen LogP) is 2.51. The summed E-state index contributed by atoms with van der Waals surface area (Å²) in [6.07, 6.45) is 6.03. The monoisotopic (exact) mass is 245 g/mol. The highest BCUT2D eigenvalue weighted by atomic mass is 32.2. The van der Waals surface area contributed by atoms with E-state index >= 15 is 0 Å². The molecule has 1 unspecified atom stereocenters. The number of carboxylic acid groups (broad SMARTS) is 1. The Balaban J connectivity index is 2.29. The SMILES string of the molecule is CCNC(C)(CCSC1CCCC1)C(=O)O. The molecular formula is C12H23NO2S. The van der Waals surface area contributed by atoms with Gasteiger partial charge in [0.1, 0.15) is 5.54 Å². The van der Waals surface area contributed by atoms with Crippen LogP contribution in [0.4, 0.5) is 0 Å². The minimum atomic E-state index is -0.750. The highest BCUT2D eigenvalue weighted by molar-refractivity contribution is 7.99. The van der Waals surface area contributed by atoms with Gasteiger partial charge in [0.05, 0.1) is 0 Å². The molecule has 0 aromatic rings. The summed E-state index contributed by atoms with van der Waals surface area (Å²) in [7, 11) is 0. The fourth-order valence-corrected chi connectivity index (χ4v) is 3.67. The van der Waals surface area contributed by atoms with Gasteiger partial charge in [-0.15, -0.1) is 0 Å². The molecule has 1 aliphatic carbocycles. The summed E-state index contributed by atoms with van der Waals surface area (Å²) < 4.78 is 0. The van der Waals surface area contributed by atoms with Gasteiger partial charge in [0, 0.05) is 5.25 Å². The lowest BCUT2D eigenvalue weighted by Crippen LogP contribution is -2.49. The van der Waals surface area contributed by atoms with Crippen molar-refractivity contribution in [1.82, 2.24) is 5.32 Å². The number of aliphatic carboxylic acids is 1. The second-order valence-electron chi connectivity index (χ2n) is 4.69. The molecule has 0 amide bonds. The quantitative estimate of drug-likeness (QED) is 0.723. The van der Waals surface area contributed by atoms with E-state index in [-0.39, 0.29) is 0 Å². The van der Waals surface area contributed by atoms with Crippen molar-refractivity contribution in [3.63, 3.8) is 0 Å². The van der Waals surface area contributed by atoms with Crippen molar-refractivity contribution in [2.45, 2.75) is 56.7 Å². The van der Waals surface area contributed by atoms with Crippen LogP contribution in [0.1, 0.15) is 46.0 Å². The average molecular weight is 245 g/mol. The van der Waals surface area contributed by atoms with Crippen LogP contribution in [0.3, 0.4) is 0 Å². The molecule has 2 N–H and O–H groups in total. The second kappa shape index (κ2) is 6.50. The smallest absolute Gasteiger partial charge is 0.323 e. The van der Waals surface area contributed by atoms with E-state index in [9.17, 15) is 9.90 Å². The summed E-state index contributed by atoms with van der Waals surface area (Å²) in [5, 5.41) is 13.0. The Bertz CT molecular complexity index is 229. The molecule has 0 radical (unpaired) electrons. The van der Waals surface area contributed by atoms with E-state index in [1.165, 1.54) is 25.7 Å². The summed E-state index contributed by atoms with van der Waals surface area (Å²) in [6.45, 7) is 4.44. The van der Waals surface area contributed by atoms with Crippen molar-refractivity contribution in [2.24, 2.45) is 0 Å². The molecule has 1 saturated carbocycles. The first-order valence-electron chi connectivity index (χ1n) is 6.18. The molecule has 0 bridgehead atoms. The first kappa shape index (κ1) is 13.8. The number of rotatable bonds is 7. The molecule has 16 heavy (non-hydrogen) atoms. The van der Waals surface area contributed by atoms with Gasteiger partial charge >= 0.3 is 5.97 Å². The van der Waals surface area contributed by atoms with Crippen LogP contribution in [0.25, 0.3) is 0 Å². The molecule has 0 heterocycles. The molecule has 3 nitrogen and oxygen atoms in total. The minimum Gasteiger partial charge on any atom is -0.480 e. The molecule has 1 aliphatic rings. The fourth-order valence-electron chi connectivity index (χ4n) is 2.15. The minimum absolute atomic E-state index is 0.705. The van der Waals surface area contributed by atoms with Crippen molar-refractivity contribution in [3.05, 3.63) is 0 Å². The Morgan fingerprint density at radius 2 is 2.12 bits per heavy atom. The number of nitrogens with one attached hydrogen (secondary N) is 1. The van der Waals surface area contributed by atoms with Crippen molar-refractivity contribution in [1.29, 1.82) is 0 Å². The Morgan fingerprint density at radius 1 is 1.50 bits per heavy atom. The summed E-state index contributed by atoms with van der Waals surface area (Å²) >= 11 is 1.95. The third-order valence-corrected chi connectivity index (χ3v) is 4.68. The van der Waals surface area contributed by atoms with Crippen molar-refractivity contribution in [3.8, 4) is 0 Å². The lowest BCUT2D eigenvalue weighted by molar-refractivity contribution is -0.144. The van der Waals surface area contributed by atoms with Crippen LogP contribution in [0.5, 0.6) is 0 Å². The molecule has 94 valence electrons. The standard InChI is InChI=1S/C12H23NO2S/c1-3-13-12(2,11(14)15)8-9-16-10-6-4-5-7-10/h10,13H,3-9H2,1-2H3,(H,14,15). The average Bonchev–Trinajstić information content (AvgIpc) is 2.70. The fraction of sp³-hybridized carbons (Fsp3) is 0.917. The van der Waals surface area contributed by atoms with E-state index in [2.05, 4.69) is 5.32 Å². The Hall–Kier alpha value is -0.220. The third kappa shape index (κ3) is 3.98. The van der Waals surface area contributed by atoms with Crippen molar-refractivity contribution < 1.29 is 9.90 Å². The van der Waals surface area contributed by atoms with Gasteiger partial charge in [-0.2, -0.15) is 11.8 Å². The van der Waals surface area contributed by atoms with E-state index in [0.717, 1.165) is 11.0 Å². The lowest BCUT2D eigenvalue weighted by Gasteiger charge is -2.26. The number of carboxylic acids is 1. The zero-order valence-electron chi connectivity index (χ0n) is 10.3. The highest BCUT2D eigenvalue weighted by Gasteiger charge is 2.31. The molecule has 1 fully saturated rings. The molecule has 1 atom stereocenters. The molecule has 0 aliphatic heterocycles. The molecule has 4 heteroatoms. The number of likely N-dealkylation sites (N-methyl/N-ethyl adjacent to an activating group) is 1. The molecular weight excluding hydrogens is 222 g/mol. The second-order valence-corrected chi connectivity index (χ2v) is 6.10. The third-order valence-electron chi connectivity index (χ3n) is 3.30. The van der Waals surface area contributed by atoms with Gasteiger partial charge in [-0.3, -0.25) is 4.79 Å². The van der Waals surface area contributed by atoms with Crippen LogP contribution in [-0.2, 0) is 4.79 Å². The van der Waals surface area contributed by atoms with Gasteiger partial charge in [0.2, 0.25) is 0 Å². The lowest BCUT2D eigenvalue weighted by atomic mass is 9.99. The zero-order valence-corrected chi connectivity index (χ0v) is 11.1. The maximum absolute atomic E-state index is 11.2. The Morgan fingerprint density at radius 3 is 2.62 bits per heavy atom. The molecule has 0 saturated heterocycles. The van der Waals surface area contributed by atoms with Gasteiger partial charge in [-0.25, -0.2) is 0 Å². The predicted molar refractivity (Wildman–Crippen MR) is 69.0 cm³/mol. The summed E-state index contributed by atoms with van der Waals surface area (Å²) in [5.41, 5.74) is -0.750. The normalized spacial score (nSPS) is 20.9. The van der Waals surface area contributed by atoms with E-state index in [1.54, 1.807) is 6.92 Å². The Kier molecular flexibility index (Phi) is 5.62. The maximum Gasteiger partial charge on any atom is 0.323 e. The van der Waals surface area contributed by atoms with Gasteiger partial charge in [-0.1, -0.05) is 19.8 Å². The van der Waals surface area contributed by atoms with E-state index in [1.807, 2.05) is 18.7 Å². The zero-order chi connectivity index (χ0) is 12.0. The van der Waals surface area contributed by atoms with Crippen LogP contribution < -0.4 is 5.32 Å². The van der Waals surface area contributed by atoms with E-state index in [0.29, 0.717) is 13.0 Å². The Labute approximate surface area is 102 Å². The number of hydrogen-bond acceptors (Lipinski definition) is 3. The highest BCUT2D eigenvalue weighted by Crippen LogP contribution is 2.30. The van der Waals surface area contributed by atoms with Gasteiger partial charge < -0.3 is 10.4 Å². The summed E-state index contributed by atoms with van der Waals surface area (Å²) in [4.78, 5) is 11.2. The number of carbonyl (C=O) groups is 1. The summed E-state index contributed by atoms with van der Waals surface area (Å²) in [6, 6.07) is 0. The van der Waals surface area contributed by atoms with Gasteiger partial charge in [0.25, 0.3) is 0 Å². The first-order chi connectivity index (χ1) is 7.58. The van der Waals surface area contributed by atoms with Crippen LogP contribution >= 0.6 is 11.8 Å².